The Hall–Kier alpha value is -1.92. The maximum Gasteiger partial charge on any atom is 0.347 e. The van der Waals surface area contributed by atoms with Crippen LogP contribution in [0.1, 0.15) is 5.69 Å². The van der Waals surface area contributed by atoms with Gasteiger partial charge in [0.1, 0.15) is 0 Å². The van der Waals surface area contributed by atoms with E-state index in [1.54, 1.807) is 0 Å². The highest BCUT2D eigenvalue weighted by Gasteiger charge is 2.18. The minimum absolute atomic E-state index is 0.0220. The average molecular weight is 184 g/mol. The van der Waals surface area contributed by atoms with Crippen molar-refractivity contribution in [2.75, 3.05) is 12.4 Å². The van der Waals surface area contributed by atoms with E-state index in [-0.39, 0.29) is 17.2 Å². The van der Waals surface area contributed by atoms with Crippen LogP contribution in [-0.2, 0) is 0 Å². The lowest BCUT2D eigenvalue weighted by atomic mass is 10.3. The molecule has 13 heavy (non-hydrogen) atoms. The van der Waals surface area contributed by atoms with Gasteiger partial charge in [-0.05, 0) is 6.92 Å². The molecule has 1 heterocycles. The quantitative estimate of drug-likeness (QED) is 0.498. The van der Waals surface area contributed by atoms with E-state index in [0.717, 1.165) is 0 Å². The molecule has 0 spiro atoms. The Morgan fingerprint density at radius 3 is 2.69 bits per heavy atom. The molecule has 0 aromatic carbocycles. The van der Waals surface area contributed by atoms with Crippen molar-refractivity contribution in [1.82, 2.24) is 9.97 Å². The number of hydrogen-bond donors (Lipinski definition) is 2. The zero-order valence-corrected chi connectivity index (χ0v) is 7.12. The first-order valence-corrected chi connectivity index (χ1v) is 3.49. The molecular formula is C6H8N4O3. The number of hydrogen-bond acceptors (Lipinski definition) is 5. The first-order valence-electron chi connectivity index (χ1n) is 3.49. The Labute approximate surface area is 73.0 Å². The molecule has 0 radical (unpaired) electrons. The molecule has 0 saturated carbocycles. The normalized spacial score (nSPS) is 9.69. The molecule has 0 fully saturated rings. The maximum atomic E-state index is 10.8. The molecule has 0 amide bonds. The predicted octanol–water partition coefficient (Wildman–Crippen LogP) is 0.0282. The number of aromatic nitrogens is 2. The smallest absolute Gasteiger partial charge is 0.347 e. The first-order chi connectivity index (χ1) is 6.06. The van der Waals surface area contributed by atoms with Gasteiger partial charge < -0.3 is 10.3 Å². The summed E-state index contributed by atoms with van der Waals surface area (Å²) in [6.07, 6.45) is 0. The summed E-state index contributed by atoms with van der Waals surface area (Å²) in [5, 5.41) is 13.0. The zero-order valence-electron chi connectivity index (χ0n) is 7.12. The van der Waals surface area contributed by atoms with E-state index in [0.29, 0.717) is 0 Å². The lowest BCUT2D eigenvalue weighted by Crippen LogP contribution is -2.16. The van der Waals surface area contributed by atoms with Crippen LogP contribution in [0.2, 0.25) is 0 Å². The maximum absolute atomic E-state index is 10.8. The third-order valence-corrected chi connectivity index (χ3v) is 1.51. The topological polar surface area (TPSA) is 101 Å². The van der Waals surface area contributed by atoms with Crippen molar-refractivity contribution in [3.8, 4) is 0 Å². The Kier molecular flexibility index (Phi) is 2.27. The standard InChI is InChI=1S/C6H8N4O3/c1-3-4(10(12)13)5(7-2)9-6(11)8-3/h1-2H3,(H2,7,8,9,11). The molecule has 0 bridgehead atoms. The second-order valence-electron chi connectivity index (χ2n) is 2.37. The number of anilines is 1. The number of nitro groups is 1. The molecule has 0 aliphatic heterocycles. The fourth-order valence-corrected chi connectivity index (χ4v) is 0.977. The van der Waals surface area contributed by atoms with Crippen molar-refractivity contribution < 1.29 is 4.92 Å². The van der Waals surface area contributed by atoms with Gasteiger partial charge in [0.05, 0.1) is 10.6 Å². The molecule has 0 atom stereocenters. The molecule has 7 heteroatoms. The summed E-state index contributed by atoms with van der Waals surface area (Å²) in [5.41, 5.74) is -0.621. The molecule has 0 aliphatic carbocycles. The molecule has 0 aliphatic rings. The number of nitrogens with zero attached hydrogens (tertiary/aromatic N) is 2. The van der Waals surface area contributed by atoms with Gasteiger partial charge in [-0.2, -0.15) is 4.98 Å². The van der Waals surface area contributed by atoms with Gasteiger partial charge in [-0.1, -0.05) is 0 Å². The van der Waals surface area contributed by atoms with Crippen LogP contribution >= 0.6 is 0 Å². The highest BCUT2D eigenvalue weighted by molar-refractivity contribution is 5.57. The molecule has 70 valence electrons. The highest BCUT2D eigenvalue weighted by atomic mass is 16.6. The average Bonchev–Trinajstić information content (AvgIpc) is 2.01. The molecule has 1 aromatic rings. The Balaban J connectivity index is 3.47. The summed E-state index contributed by atoms with van der Waals surface area (Å²) in [7, 11) is 1.47. The zero-order chi connectivity index (χ0) is 10.0. The molecule has 2 N–H and O–H groups in total. The Morgan fingerprint density at radius 2 is 2.23 bits per heavy atom. The van der Waals surface area contributed by atoms with Gasteiger partial charge in [0.25, 0.3) is 0 Å². The van der Waals surface area contributed by atoms with Crippen LogP contribution < -0.4 is 11.0 Å². The van der Waals surface area contributed by atoms with E-state index in [1.807, 2.05) is 0 Å². The van der Waals surface area contributed by atoms with E-state index >= 15 is 0 Å². The van der Waals surface area contributed by atoms with E-state index in [9.17, 15) is 14.9 Å². The lowest BCUT2D eigenvalue weighted by Gasteiger charge is -2.01. The number of nitrogens with one attached hydrogen (secondary N) is 2. The fourth-order valence-electron chi connectivity index (χ4n) is 0.977. The minimum atomic E-state index is -0.604. The summed E-state index contributed by atoms with van der Waals surface area (Å²) in [5.74, 6) is -0.0220. The SMILES string of the molecule is CNc1nc(=O)[nH]c(C)c1[N+](=O)[O-]. The van der Waals surface area contributed by atoms with E-state index in [1.165, 1.54) is 14.0 Å². The summed E-state index contributed by atoms with van der Waals surface area (Å²) in [4.78, 5) is 26.4. The summed E-state index contributed by atoms with van der Waals surface area (Å²) >= 11 is 0. The predicted molar refractivity (Wildman–Crippen MR) is 45.8 cm³/mol. The van der Waals surface area contributed by atoms with Gasteiger partial charge in [-0.3, -0.25) is 10.1 Å². The second kappa shape index (κ2) is 3.21. The van der Waals surface area contributed by atoms with E-state index in [4.69, 9.17) is 0 Å². The van der Waals surface area contributed by atoms with Crippen LogP contribution in [0.15, 0.2) is 4.79 Å². The fraction of sp³-hybridized carbons (Fsp3) is 0.333. The van der Waals surface area contributed by atoms with Crippen LogP contribution in [0.25, 0.3) is 0 Å². The largest absolute Gasteiger partial charge is 0.367 e. The molecular weight excluding hydrogens is 176 g/mol. The number of aryl methyl sites for hydroxylation is 1. The van der Waals surface area contributed by atoms with Crippen LogP contribution in [0.3, 0.4) is 0 Å². The first kappa shape index (κ1) is 9.17. The molecule has 7 nitrogen and oxygen atoms in total. The summed E-state index contributed by atoms with van der Waals surface area (Å²) in [6.45, 7) is 1.45. The van der Waals surface area contributed by atoms with Crippen LogP contribution in [-0.4, -0.2) is 21.9 Å². The molecule has 0 unspecified atom stereocenters. The van der Waals surface area contributed by atoms with Crippen molar-refractivity contribution in [2.45, 2.75) is 6.92 Å². The van der Waals surface area contributed by atoms with E-state index < -0.39 is 10.6 Å². The molecule has 1 rings (SSSR count). The third-order valence-electron chi connectivity index (χ3n) is 1.51. The van der Waals surface area contributed by atoms with Gasteiger partial charge in [-0.25, -0.2) is 4.79 Å². The summed E-state index contributed by atoms with van der Waals surface area (Å²) < 4.78 is 0. The van der Waals surface area contributed by atoms with Gasteiger partial charge in [0, 0.05) is 7.05 Å². The van der Waals surface area contributed by atoms with Crippen LogP contribution in [0.5, 0.6) is 0 Å². The summed E-state index contributed by atoms with van der Waals surface area (Å²) in [6, 6.07) is 0. The molecule has 1 aromatic heterocycles. The highest BCUT2D eigenvalue weighted by Crippen LogP contribution is 2.21. The minimum Gasteiger partial charge on any atom is -0.367 e. The molecule has 0 saturated heterocycles. The van der Waals surface area contributed by atoms with E-state index in [2.05, 4.69) is 15.3 Å². The van der Waals surface area contributed by atoms with Gasteiger partial charge in [0.2, 0.25) is 5.82 Å². The van der Waals surface area contributed by atoms with Crippen molar-refractivity contribution >= 4 is 11.5 Å². The Bertz CT molecular complexity index is 397. The van der Waals surface area contributed by atoms with Gasteiger partial charge in [0.15, 0.2) is 0 Å². The second-order valence-corrected chi connectivity index (χ2v) is 2.37. The van der Waals surface area contributed by atoms with Crippen LogP contribution in [0.4, 0.5) is 11.5 Å². The van der Waals surface area contributed by atoms with Crippen molar-refractivity contribution in [3.63, 3.8) is 0 Å². The van der Waals surface area contributed by atoms with Gasteiger partial charge in [-0.15, -0.1) is 0 Å². The van der Waals surface area contributed by atoms with Crippen molar-refractivity contribution in [3.05, 3.63) is 26.3 Å². The monoisotopic (exact) mass is 184 g/mol. The van der Waals surface area contributed by atoms with Crippen molar-refractivity contribution in [2.24, 2.45) is 0 Å². The van der Waals surface area contributed by atoms with Crippen LogP contribution in [0, 0.1) is 17.0 Å². The number of aromatic amines is 1. The van der Waals surface area contributed by atoms with Gasteiger partial charge >= 0.3 is 11.4 Å². The third kappa shape index (κ3) is 1.63. The number of rotatable bonds is 2. The Morgan fingerprint density at radius 1 is 1.62 bits per heavy atom. The lowest BCUT2D eigenvalue weighted by molar-refractivity contribution is -0.385. The van der Waals surface area contributed by atoms with Crippen molar-refractivity contribution in [1.29, 1.82) is 0 Å². The number of H-pyrrole nitrogens is 1.